The van der Waals surface area contributed by atoms with Gasteiger partial charge in [0.05, 0.1) is 0 Å². The molecule has 0 saturated carbocycles. The van der Waals surface area contributed by atoms with Crippen molar-refractivity contribution in [2.75, 3.05) is 0 Å². The number of alkyl halides is 3. The zero-order valence-electron chi connectivity index (χ0n) is 12.9. The van der Waals surface area contributed by atoms with Crippen molar-refractivity contribution in [3.63, 3.8) is 0 Å². The van der Waals surface area contributed by atoms with E-state index in [1.165, 1.54) is 24.3 Å². The van der Waals surface area contributed by atoms with Crippen LogP contribution in [0.25, 0.3) is 22.3 Å². The topological polar surface area (TPSA) is 9.23 Å². The Hall–Kier alpha value is -2.96. The van der Waals surface area contributed by atoms with Crippen molar-refractivity contribution in [1.82, 2.24) is 0 Å². The summed E-state index contributed by atoms with van der Waals surface area (Å²) in [5.41, 5.74) is 1.93. The van der Waals surface area contributed by atoms with Gasteiger partial charge in [0, 0.05) is 0 Å². The maximum atomic E-state index is 13.3. The van der Waals surface area contributed by atoms with E-state index in [9.17, 15) is 26.3 Å². The van der Waals surface area contributed by atoms with Crippen LogP contribution in [0.15, 0.2) is 60.7 Å². The molecule has 0 atom stereocenters. The van der Waals surface area contributed by atoms with Crippen LogP contribution in [0.1, 0.15) is 0 Å². The van der Waals surface area contributed by atoms with Crippen LogP contribution in [-0.2, 0) is 0 Å². The highest BCUT2D eigenvalue weighted by Crippen LogP contribution is 2.29. The Labute approximate surface area is 144 Å². The van der Waals surface area contributed by atoms with Gasteiger partial charge in [-0.25, -0.2) is 13.2 Å². The molecule has 0 aromatic heterocycles. The predicted molar refractivity (Wildman–Crippen MR) is 83.9 cm³/mol. The third-order valence-corrected chi connectivity index (χ3v) is 3.62. The maximum absolute atomic E-state index is 13.3. The van der Waals surface area contributed by atoms with Gasteiger partial charge in [0.1, 0.15) is 5.75 Å². The predicted octanol–water partition coefficient (Wildman–Crippen LogP) is 6.34. The molecular formula is C19H10F6O. The van der Waals surface area contributed by atoms with E-state index < -0.39 is 23.8 Å². The van der Waals surface area contributed by atoms with Crippen molar-refractivity contribution in [3.8, 4) is 28.0 Å². The zero-order chi connectivity index (χ0) is 18.9. The molecule has 7 heteroatoms. The quantitative estimate of drug-likeness (QED) is 0.387. The molecule has 0 unspecified atom stereocenters. The molecule has 0 saturated heterocycles. The second-order valence-electron chi connectivity index (χ2n) is 5.40. The summed E-state index contributed by atoms with van der Waals surface area (Å²) >= 11 is 0. The van der Waals surface area contributed by atoms with Crippen LogP contribution >= 0.6 is 0 Å². The summed E-state index contributed by atoms with van der Waals surface area (Å²) in [5.74, 6) is -4.45. The minimum absolute atomic E-state index is 0.168. The number of benzene rings is 3. The highest BCUT2D eigenvalue weighted by atomic mass is 19.4. The SMILES string of the molecule is Fc1cc(-c2ccc(-c3ccc(OC(F)(F)F)cc3)cc2)cc(F)c1F. The summed E-state index contributed by atoms with van der Waals surface area (Å²) < 4.78 is 79.9. The number of hydrogen-bond donors (Lipinski definition) is 0. The smallest absolute Gasteiger partial charge is 0.406 e. The minimum atomic E-state index is -4.76. The average Bonchev–Trinajstić information content (AvgIpc) is 2.59. The van der Waals surface area contributed by atoms with Crippen LogP contribution in [0.2, 0.25) is 0 Å². The fraction of sp³-hybridized carbons (Fsp3) is 0.0526. The van der Waals surface area contributed by atoms with E-state index in [0.29, 0.717) is 16.7 Å². The number of ether oxygens (including phenoxy) is 1. The molecule has 0 aliphatic carbocycles. The van der Waals surface area contributed by atoms with E-state index in [2.05, 4.69) is 4.74 Å². The van der Waals surface area contributed by atoms with E-state index in [4.69, 9.17) is 0 Å². The Morgan fingerprint density at radius 1 is 0.577 bits per heavy atom. The fourth-order valence-electron chi connectivity index (χ4n) is 2.43. The monoisotopic (exact) mass is 368 g/mol. The molecule has 0 aliphatic rings. The van der Waals surface area contributed by atoms with Gasteiger partial charge in [-0.15, -0.1) is 13.2 Å². The van der Waals surface area contributed by atoms with Crippen LogP contribution in [0, 0.1) is 17.5 Å². The van der Waals surface area contributed by atoms with Gasteiger partial charge in [-0.05, 0) is 46.5 Å². The van der Waals surface area contributed by atoms with Crippen molar-refractivity contribution < 1.29 is 31.1 Å². The van der Waals surface area contributed by atoms with Crippen molar-refractivity contribution in [2.45, 2.75) is 6.36 Å². The Balaban J connectivity index is 1.84. The number of rotatable bonds is 3. The molecule has 0 fully saturated rings. The summed E-state index contributed by atoms with van der Waals surface area (Å²) in [6.07, 6.45) is -4.76. The van der Waals surface area contributed by atoms with E-state index in [1.807, 2.05) is 0 Å². The second kappa shape index (κ2) is 6.74. The lowest BCUT2D eigenvalue weighted by molar-refractivity contribution is -0.274. The van der Waals surface area contributed by atoms with E-state index >= 15 is 0 Å². The molecular weight excluding hydrogens is 358 g/mol. The molecule has 26 heavy (non-hydrogen) atoms. The van der Waals surface area contributed by atoms with Gasteiger partial charge in [0.2, 0.25) is 0 Å². The summed E-state index contributed by atoms with van der Waals surface area (Å²) in [5, 5.41) is 0. The largest absolute Gasteiger partial charge is 0.573 e. The molecule has 3 aromatic carbocycles. The molecule has 0 aliphatic heterocycles. The first-order valence-electron chi connectivity index (χ1n) is 7.34. The molecule has 0 amide bonds. The molecule has 0 N–H and O–H groups in total. The lowest BCUT2D eigenvalue weighted by Crippen LogP contribution is -2.16. The third kappa shape index (κ3) is 3.99. The van der Waals surface area contributed by atoms with E-state index in [0.717, 1.165) is 12.1 Å². The second-order valence-corrected chi connectivity index (χ2v) is 5.40. The maximum Gasteiger partial charge on any atom is 0.573 e. The van der Waals surface area contributed by atoms with Gasteiger partial charge in [0.15, 0.2) is 17.5 Å². The summed E-state index contributed by atoms with van der Waals surface area (Å²) in [6.45, 7) is 0. The van der Waals surface area contributed by atoms with Gasteiger partial charge in [0.25, 0.3) is 0 Å². The first kappa shape index (κ1) is 17.8. The number of hydrogen-bond acceptors (Lipinski definition) is 1. The average molecular weight is 368 g/mol. The highest BCUT2D eigenvalue weighted by Gasteiger charge is 2.30. The van der Waals surface area contributed by atoms with Crippen molar-refractivity contribution in [1.29, 1.82) is 0 Å². The lowest BCUT2D eigenvalue weighted by Gasteiger charge is -2.10. The minimum Gasteiger partial charge on any atom is -0.406 e. The van der Waals surface area contributed by atoms with Gasteiger partial charge in [-0.2, -0.15) is 0 Å². The molecule has 134 valence electrons. The van der Waals surface area contributed by atoms with Crippen LogP contribution in [0.5, 0.6) is 5.75 Å². The van der Waals surface area contributed by atoms with Crippen molar-refractivity contribution in [3.05, 3.63) is 78.1 Å². The standard InChI is InChI=1S/C19H10F6O/c20-16-9-14(10-17(21)18(16)22)13-3-1-11(2-4-13)12-5-7-15(8-6-12)26-19(23,24)25/h1-10H. The molecule has 0 bridgehead atoms. The Kier molecular flexibility index (Phi) is 4.63. The fourth-order valence-corrected chi connectivity index (χ4v) is 2.43. The first-order chi connectivity index (χ1) is 12.2. The molecule has 0 radical (unpaired) electrons. The zero-order valence-corrected chi connectivity index (χ0v) is 12.9. The van der Waals surface area contributed by atoms with Gasteiger partial charge in [-0.1, -0.05) is 36.4 Å². The Morgan fingerprint density at radius 2 is 0.962 bits per heavy atom. The molecule has 3 rings (SSSR count). The van der Waals surface area contributed by atoms with Crippen molar-refractivity contribution in [2.24, 2.45) is 0 Å². The number of halogens is 6. The van der Waals surface area contributed by atoms with E-state index in [-0.39, 0.29) is 11.3 Å². The highest BCUT2D eigenvalue weighted by molar-refractivity contribution is 5.70. The Bertz CT molecular complexity index is 891. The molecule has 0 spiro atoms. The van der Waals surface area contributed by atoms with Crippen molar-refractivity contribution >= 4 is 0 Å². The van der Waals surface area contributed by atoms with Crippen LogP contribution in [-0.4, -0.2) is 6.36 Å². The van der Waals surface area contributed by atoms with Crippen LogP contribution in [0.3, 0.4) is 0 Å². The summed E-state index contributed by atoms with van der Waals surface area (Å²) in [6, 6.07) is 13.4. The van der Waals surface area contributed by atoms with Gasteiger partial charge >= 0.3 is 6.36 Å². The van der Waals surface area contributed by atoms with E-state index in [1.54, 1.807) is 24.3 Å². The first-order valence-corrected chi connectivity index (χ1v) is 7.34. The Morgan fingerprint density at radius 3 is 1.38 bits per heavy atom. The van der Waals surface area contributed by atoms with Gasteiger partial charge < -0.3 is 4.74 Å². The van der Waals surface area contributed by atoms with Gasteiger partial charge in [-0.3, -0.25) is 0 Å². The summed E-state index contributed by atoms with van der Waals surface area (Å²) in [4.78, 5) is 0. The molecule has 1 nitrogen and oxygen atoms in total. The normalized spacial score (nSPS) is 11.5. The van der Waals surface area contributed by atoms with Crippen LogP contribution in [0.4, 0.5) is 26.3 Å². The third-order valence-electron chi connectivity index (χ3n) is 3.62. The van der Waals surface area contributed by atoms with Crippen LogP contribution < -0.4 is 4.74 Å². The molecule has 3 aromatic rings. The lowest BCUT2D eigenvalue weighted by atomic mass is 10.00. The molecule has 0 heterocycles. The summed E-state index contributed by atoms with van der Waals surface area (Å²) in [7, 11) is 0.